The molecule has 0 amide bonds. The van der Waals surface area contributed by atoms with Gasteiger partial charge in [0.1, 0.15) is 6.61 Å². The minimum atomic E-state index is -3.22. The van der Waals surface area contributed by atoms with Crippen LogP contribution in [0.5, 0.6) is 11.5 Å². The van der Waals surface area contributed by atoms with E-state index >= 15 is 0 Å². The molecule has 3 aromatic rings. The number of aromatic amines is 1. The van der Waals surface area contributed by atoms with Crippen LogP contribution in [-0.2, 0) is 16.4 Å². The SMILES string of the molecule is C=COc1cc(-c2nn[nH]n2)ccc1OCc1ccc(S(C)(=O)=O)cc1. The van der Waals surface area contributed by atoms with Gasteiger partial charge in [-0.3, -0.25) is 0 Å². The standard InChI is InChI=1S/C17H16N4O4S/c1-3-24-16-10-13(17-18-20-21-19-17)6-9-15(16)25-11-12-4-7-14(8-5-12)26(2,22)23/h3-10H,1,11H2,2H3,(H,18,19,20,21). The summed E-state index contributed by atoms with van der Waals surface area (Å²) < 4.78 is 34.2. The Kier molecular flexibility index (Phi) is 4.99. The van der Waals surface area contributed by atoms with Crippen LogP contribution in [0, 0.1) is 0 Å². The number of rotatable bonds is 7. The average Bonchev–Trinajstić information content (AvgIpc) is 3.15. The minimum Gasteiger partial charge on any atom is -0.485 e. The predicted molar refractivity (Wildman–Crippen MR) is 94.3 cm³/mol. The molecule has 2 aromatic carbocycles. The minimum absolute atomic E-state index is 0.249. The summed E-state index contributed by atoms with van der Waals surface area (Å²) >= 11 is 0. The zero-order valence-corrected chi connectivity index (χ0v) is 14.7. The van der Waals surface area contributed by atoms with Crippen molar-refractivity contribution in [1.29, 1.82) is 0 Å². The van der Waals surface area contributed by atoms with Gasteiger partial charge in [0.05, 0.1) is 11.2 Å². The van der Waals surface area contributed by atoms with E-state index in [4.69, 9.17) is 9.47 Å². The molecule has 1 heterocycles. The number of tetrazole rings is 1. The summed E-state index contributed by atoms with van der Waals surface area (Å²) in [5, 5.41) is 13.8. The highest BCUT2D eigenvalue weighted by atomic mass is 32.2. The van der Waals surface area contributed by atoms with Crippen LogP contribution < -0.4 is 9.47 Å². The molecule has 0 aliphatic rings. The number of hydrogen-bond donors (Lipinski definition) is 1. The number of nitrogens with one attached hydrogen (secondary N) is 1. The Bertz CT molecular complexity index is 1000. The van der Waals surface area contributed by atoms with Crippen LogP contribution in [0.2, 0.25) is 0 Å². The largest absolute Gasteiger partial charge is 0.485 e. The number of benzene rings is 2. The van der Waals surface area contributed by atoms with Gasteiger partial charge in [-0.1, -0.05) is 18.7 Å². The molecule has 0 aliphatic heterocycles. The van der Waals surface area contributed by atoms with Crippen LogP contribution in [0.4, 0.5) is 0 Å². The summed E-state index contributed by atoms with van der Waals surface area (Å²) in [6, 6.07) is 11.7. The van der Waals surface area contributed by atoms with Crippen molar-refractivity contribution in [2.24, 2.45) is 0 Å². The molecule has 8 nitrogen and oxygen atoms in total. The van der Waals surface area contributed by atoms with Gasteiger partial charge in [-0.15, -0.1) is 10.2 Å². The van der Waals surface area contributed by atoms with Gasteiger partial charge < -0.3 is 9.47 Å². The van der Waals surface area contributed by atoms with Crippen molar-refractivity contribution in [2.75, 3.05) is 6.26 Å². The summed E-state index contributed by atoms with van der Waals surface area (Å²) in [5.41, 5.74) is 1.53. The smallest absolute Gasteiger partial charge is 0.204 e. The highest BCUT2D eigenvalue weighted by Crippen LogP contribution is 2.32. The van der Waals surface area contributed by atoms with Crippen molar-refractivity contribution in [3.8, 4) is 22.9 Å². The van der Waals surface area contributed by atoms with Crippen molar-refractivity contribution in [3.05, 3.63) is 60.9 Å². The van der Waals surface area contributed by atoms with E-state index < -0.39 is 9.84 Å². The second-order valence-electron chi connectivity index (χ2n) is 5.39. The number of nitrogens with zero attached hydrogens (tertiary/aromatic N) is 3. The van der Waals surface area contributed by atoms with Gasteiger partial charge in [0.25, 0.3) is 0 Å². The molecule has 3 rings (SSSR count). The van der Waals surface area contributed by atoms with Crippen LogP contribution >= 0.6 is 0 Å². The molecule has 0 unspecified atom stereocenters. The molecule has 0 bridgehead atoms. The molecule has 1 N–H and O–H groups in total. The fraction of sp³-hybridized carbons (Fsp3) is 0.118. The maximum absolute atomic E-state index is 11.5. The first kappa shape index (κ1) is 17.6. The van der Waals surface area contributed by atoms with E-state index in [1.54, 1.807) is 42.5 Å². The zero-order valence-electron chi connectivity index (χ0n) is 13.9. The Morgan fingerprint density at radius 3 is 2.54 bits per heavy atom. The topological polar surface area (TPSA) is 107 Å². The summed E-state index contributed by atoms with van der Waals surface area (Å²) in [7, 11) is -3.22. The van der Waals surface area contributed by atoms with E-state index in [2.05, 4.69) is 27.2 Å². The Labute approximate surface area is 150 Å². The molecule has 9 heteroatoms. The summed E-state index contributed by atoms with van der Waals surface area (Å²) in [6.07, 6.45) is 2.46. The maximum Gasteiger partial charge on any atom is 0.204 e. The molecule has 0 spiro atoms. The van der Waals surface area contributed by atoms with Crippen molar-refractivity contribution in [2.45, 2.75) is 11.5 Å². The van der Waals surface area contributed by atoms with Crippen molar-refractivity contribution < 1.29 is 17.9 Å². The van der Waals surface area contributed by atoms with Crippen LogP contribution in [-0.4, -0.2) is 35.3 Å². The predicted octanol–water partition coefficient (Wildman–Crippen LogP) is 2.37. The molecule has 0 fully saturated rings. The van der Waals surface area contributed by atoms with Crippen molar-refractivity contribution in [3.63, 3.8) is 0 Å². The molecular formula is C17H16N4O4S. The average molecular weight is 372 g/mol. The molecule has 0 radical (unpaired) electrons. The number of aromatic nitrogens is 4. The number of H-pyrrole nitrogens is 1. The van der Waals surface area contributed by atoms with E-state index in [1.807, 2.05) is 0 Å². The monoisotopic (exact) mass is 372 g/mol. The van der Waals surface area contributed by atoms with Gasteiger partial charge in [-0.25, -0.2) is 8.42 Å². The first-order chi connectivity index (χ1) is 12.5. The quantitative estimate of drug-likeness (QED) is 0.634. The first-order valence-corrected chi connectivity index (χ1v) is 9.44. The second kappa shape index (κ2) is 7.36. The highest BCUT2D eigenvalue weighted by molar-refractivity contribution is 7.90. The van der Waals surface area contributed by atoms with Crippen LogP contribution in [0.1, 0.15) is 5.56 Å². The van der Waals surface area contributed by atoms with E-state index in [9.17, 15) is 8.42 Å². The molecule has 0 atom stereocenters. The molecule has 0 aliphatic carbocycles. The van der Waals surface area contributed by atoms with E-state index in [0.717, 1.165) is 5.56 Å². The lowest BCUT2D eigenvalue weighted by molar-refractivity contribution is 0.291. The first-order valence-electron chi connectivity index (χ1n) is 7.54. The van der Waals surface area contributed by atoms with Crippen molar-refractivity contribution in [1.82, 2.24) is 20.6 Å². The Balaban J connectivity index is 1.77. The van der Waals surface area contributed by atoms with E-state index in [-0.39, 0.29) is 11.5 Å². The molecular weight excluding hydrogens is 356 g/mol. The summed E-state index contributed by atoms with van der Waals surface area (Å²) in [5.74, 6) is 1.39. The molecule has 26 heavy (non-hydrogen) atoms. The fourth-order valence-electron chi connectivity index (χ4n) is 2.23. The molecule has 134 valence electrons. The van der Waals surface area contributed by atoms with Crippen LogP contribution in [0.25, 0.3) is 11.4 Å². The molecule has 0 saturated carbocycles. The third kappa shape index (κ3) is 4.06. The van der Waals surface area contributed by atoms with Crippen molar-refractivity contribution >= 4 is 9.84 Å². The summed E-state index contributed by atoms with van der Waals surface area (Å²) in [6.45, 7) is 3.81. The molecule has 1 aromatic heterocycles. The Hall–Kier alpha value is -3.20. The highest BCUT2D eigenvalue weighted by Gasteiger charge is 2.11. The summed E-state index contributed by atoms with van der Waals surface area (Å²) in [4.78, 5) is 0.265. The lowest BCUT2D eigenvalue weighted by atomic mass is 10.2. The zero-order chi connectivity index (χ0) is 18.6. The molecule has 0 saturated heterocycles. The number of ether oxygens (including phenoxy) is 2. The van der Waals surface area contributed by atoms with Gasteiger partial charge in [0.15, 0.2) is 21.3 Å². The van der Waals surface area contributed by atoms with E-state index in [0.29, 0.717) is 22.9 Å². The third-order valence-electron chi connectivity index (χ3n) is 3.50. The van der Waals surface area contributed by atoms with Gasteiger partial charge in [0.2, 0.25) is 5.82 Å². The lowest BCUT2D eigenvalue weighted by Crippen LogP contribution is -2.00. The van der Waals surface area contributed by atoms with Gasteiger partial charge in [0, 0.05) is 11.8 Å². The Morgan fingerprint density at radius 1 is 1.15 bits per heavy atom. The van der Waals surface area contributed by atoms with Gasteiger partial charge >= 0.3 is 0 Å². The normalized spacial score (nSPS) is 11.1. The number of hydrogen-bond acceptors (Lipinski definition) is 7. The van der Waals surface area contributed by atoms with Crippen LogP contribution in [0.15, 0.2) is 60.2 Å². The van der Waals surface area contributed by atoms with E-state index in [1.165, 1.54) is 12.5 Å². The third-order valence-corrected chi connectivity index (χ3v) is 4.63. The maximum atomic E-state index is 11.5. The van der Waals surface area contributed by atoms with Gasteiger partial charge in [-0.05, 0) is 41.1 Å². The lowest BCUT2D eigenvalue weighted by Gasteiger charge is -2.12. The number of sulfone groups is 1. The fourth-order valence-corrected chi connectivity index (χ4v) is 2.86. The van der Waals surface area contributed by atoms with Crippen LogP contribution in [0.3, 0.4) is 0 Å². The Morgan fingerprint density at radius 2 is 1.92 bits per heavy atom. The second-order valence-corrected chi connectivity index (χ2v) is 7.40. The van der Waals surface area contributed by atoms with Gasteiger partial charge in [-0.2, -0.15) is 5.21 Å².